The minimum absolute atomic E-state index is 0.114. The first-order chi connectivity index (χ1) is 7.39. The van der Waals surface area contributed by atoms with Crippen LogP contribution in [0.3, 0.4) is 0 Å². The number of sulfone groups is 1. The molecule has 2 atom stereocenters. The molecule has 1 saturated heterocycles. The highest BCUT2D eigenvalue weighted by atomic mass is 79.9. The zero-order chi connectivity index (χ0) is 11.9. The number of hydrogen-bond acceptors (Lipinski definition) is 4. The number of thiophene rings is 1. The van der Waals surface area contributed by atoms with Crippen LogP contribution in [0.25, 0.3) is 0 Å². The van der Waals surface area contributed by atoms with Gasteiger partial charge in [0.15, 0.2) is 9.84 Å². The molecule has 1 aromatic rings. The van der Waals surface area contributed by atoms with Gasteiger partial charge in [0, 0.05) is 10.8 Å². The van der Waals surface area contributed by atoms with E-state index in [1.54, 1.807) is 0 Å². The summed E-state index contributed by atoms with van der Waals surface area (Å²) in [5.74, 6) is 0.179. The Morgan fingerprint density at radius 3 is 2.75 bits per heavy atom. The van der Waals surface area contributed by atoms with Gasteiger partial charge in [0.05, 0.1) is 21.4 Å². The van der Waals surface area contributed by atoms with E-state index < -0.39 is 15.9 Å². The van der Waals surface area contributed by atoms with Gasteiger partial charge >= 0.3 is 0 Å². The summed E-state index contributed by atoms with van der Waals surface area (Å²) in [4.78, 5) is 0.853. The van der Waals surface area contributed by atoms with Crippen molar-refractivity contribution in [2.45, 2.75) is 19.4 Å². The SMILES string of the molecule is Cc1cc(C(O)C2CCS(=O)(=O)C2)sc1Br. The van der Waals surface area contributed by atoms with Crippen molar-refractivity contribution < 1.29 is 13.5 Å². The number of rotatable bonds is 2. The summed E-state index contributed by atoms with van der Waals surface area (Å²) in [6, 6.07) is 1.92. The first-order valence-corrected chi connectivity index (χ1v) is 8.46. The molecule has 3 nitrogen and oxygen atoms in total. The van der Waals surface area contributed by atoms with E-state index in [0.717, 1.165) is 14.2 Å². The first kappa shape index (κ1) is 12.5. The fourth-order valence-corrected chi connectivity index (χ4v) is 5.42. The van der Waals surface area contributed by atoms with Crippen molar-refractivity contribution in [1.29, 1.82) is 0 Å². The zero-order valence-corrected chi connectivity index (χ0v) is 12.0. The maximum atomic E-state index is 11.3. The number of hydrogen-bond donors (Lipinski definition) is 1. The molecular weight excluding hydrogens is 312 g/mol. The normalized spacial score (nSPS) is 25.8. The van der Waals surface area contributed by atoms with Crippen LogP contribution in [0, 0.1) is 12.8 Å². The van der Waals surface area contributed by atoms with Gasteiger partial charge in [0.2, 0.25) is 0 Å². The van der Waals surface area contributed by atoms with E-state index in [1.807, 2.05) is 13.0 Å². The van der Waals surface area contributed by atoms with Crippen molar-refractivity contribution >= 4 is 37.1 Å². The van der Waals surface area contributed by atoms with E-state index in [9.17, 15) is 13.5 Å². The molecule has 0 amide bonds. The van der Waals surface area contributed by atoms with Crippen LogP contribution in [-0.2, 0) is 9.84 Å². The van der Waals surface area contributed by atoms with Crippen LogP contribution >= 0.6 is 27.3 Å². The minimum atomic E-state index is -2.92. The van der Waals surface area contributed by atoms with E-state index in [-0.39, 0.29) is 17.4 Å². The summed E-state index contributed by atoms with van der Waals surface area (Å²) in [7, 11) is -2.92. The smallest absolute Gasteiger partial charge is 0.150 e. The van der Waals surface area contributed by atoms with Crippen molar-refractivity contribution in [1.82, 2.24) is 0 Å². The number of aliphatic hydroxyl groups excluding tert-OH is 1. The third-order valence-corrected chi connectivity index (χ3v) is 6.88. The van der Waals surface area contributed by atoms with Gasteiger partial charge in [-0.05, 0) is 40.9 Å². The fourth-order valence-electron chi connectivity index (χ4n) is 1.93. The highest BCUT2D eigenvalue weighted by Gasteiger charge is 2.34. The van der Waals surface area contributed by atoms with Gasteiger partial charge in [-0.2, -0.15) is 0 Å². The summed E-state index contributed by atoms with van der Waals surface area (Å²) in [6.07, 6.45) is -0.0785. The third-order valence-electron chi connectivity index (χ3n) is 2.88. The molecule has 0 bridgehead atoms. The second kappa shape index (κ2) is 4.40. The lowest BCUT2D eigenvalue weighted by molar-refractivity contribution is 0.124. The van der Waals surface area contributed by atoms with E-state index in [1.165, 1.54) is 11.3 Å². The van der Waals surface area contributed by atoms with Crippen LogP contribution in [0.2, 0.25) is 0 Å². The van der Waals surface area contributed by atoms with Gasteiger partial charge in [-0.15, -0.1) is 11.3 Å². The van der Waals surface area contributed by atoms with Gasteiger partial charge in [0.25, 0.3) is 0 Å². The molecule has 2 heterocycles. The van der Waals surface area contributed by atoms with Crippen LogP contribution in [0.5, 0.6) is 0 Å². The number of aryl methyl sites for hydroxylation is 1. The lowest BCUT2D eigenvalue weighted by atomic mass is 10.0. The maximum Gasteiger partial charge on any atom is 0.150 e. The molecule has 1 aromatic heterocycles. The van der Waals surface area contributed by atoms with Crippen LogP contribution in [0.1, 0.15) is 23.0 Å². The molecule has 1 fully saturated rings. The lowest BCUT2D eigenvalue weighted by Crippen LogP contribution is -2.13. The summed E-state index contributed by atoms with van der Waals surface area (Å²) in [5, 5.41) is 10.1. The molecule has 90 valence electrons. The van der Waals surface area contributed by atoms with Crippen molar-refractivity contribution in [3.63, 3.8) is 0 Å². The Bertz CT molecular complexity index is 473. The molecule has 16 heavy (non-hydrogen) atoms. The van der Waals surface area contributed by atoms with Gasteiger partial charge in [-0.3, -0.25) is 0 Å². The molecule has 0 aromatic carbocycles. The van der Waals surface area contributed by atoms with E-state index >= 15 is 0 Å². The summed E-state index contributed by atoms with van der Waals surface area (Å²) in [6.45, 7) is 1.96. The predicted octanol–water partition coefficient (Wildman–Crippen LogP) is 2.29. The highest BCUT2D eigenvalue weighted by Crippen LogP contribution is 2.37. The molecule has 1 aliphatic rings. The third kappa shape index (κ3) is 2.50. The molecule has 0 spiro atoms. The number of aliphatic hydroxyl groups is 1. The predicted molar refractivity (Wildman–Crippen MR) is 68.5 cm³/mol. The summed E-state index contributed by atoms with van der Waals surface area (Å²) < 4.78 is 23.7. The molecule has 6 heteroatoms. The number of halogens is 1. The van der Waals surface area contributed by atoms with Gasteiger partial charge in [-0.25, -0.2) is 8.42 Å². The van der Waals surface area contributed by atoms with Gasteiger partial charge in [0.1, 0.15) is 0 Å². The second-order valence-corrected chi connectivity index (χ2v) is 8.84. The van der Waals surface area contributed by atoms with Crippen LogP contribution in [0.15, 0.2) is 9.85 Å². The average molecular weight is 325 g/mol. The Balaban J connectivity index is 2.17. The molecule has 2 unspecified atom stereocenters. The van der Waals surface area contributed by atoms with Crippen LogP contribution in [0.4, 0.5) is 0 Å². The summed E-state index contributed by atoms with van der Waals surface area (Å²) >= 11 is 4.89. The Labute approximate surface area is 108 Å². The quantitative estimate of drug-likeness (QED) is 0.908. The molecule has 1 aliphatic heterocycles. The van der Waals surface area contributed by atoms with Gasteiger partial charge < -0.3 is 5.11 Å². The Kier molecular flexibility index (Phi) is 3.45. The topological polar surface area (TPSA) is 54.4 Å². The zero-order valence-electron chi connectivity index (χ0n) is 8.81. The van der Waals surface area contributed by atoms with Crippen molar-refractivity contribution in [3.8, 4) is 0 Å². The van der Waals surface area contributed by atoms with Crippen molar-refractivity contribution in [2.75, 3.05) is 11.5 Å². The second-order valence-electron chi connectivity index (χ2n) is 4.21. The van der Waals surface area contributed by atoms with Crippen molar-refractivity contribution in [3.05, 3.63) is 20.3 Å². The Hall–Kier alpha value is 0.0900. The summed E-state index contributed by atoms with van der Waals surface area (Å²) in [5.41, 5.74) is 1.08. The molecule has 0 aliphatic carbocycles. The molecule has 0 saturated carbocycles. The van der Waals surface area contributed by atoms with E-state index in [2.05, 4.69) is 15.9 Å². The molecule has 0 radical (unpaired) electrons. The molecule has 1 N–H and O–H groups in total. The van der Waals surface area contributed by atoms with Crippen LogP contribution < -0.4 is 0 Å². The largest absolute Gasteiger partial charge is 0.387 e. The van der Waals surface area contributed by atoms with E-state index in [0.29, 0.717) is 6.42 Å². The standard InChI is InChI=1S/C10H13BrO3S2/c1-6-4-8(15-10(6)11)9(12)7-2-3-16(13,14)5-7/h4,7,9,12H,2-3,5H2,1H3. The minimum Gasteiger partial charge on any atom is -0.387 e. The maximum absolute atomic E-state index is 11.3. The Morgan fingerprint density at radius 2 is 2.31 bits per heavy atom. The molecular formula is C10H13BrO3S2. The van der Waals surface area contributed by atoms with Crippen LogP contribution in [-0.4, -0.2) is 25.0 Å². The van der Waals surface area contributed by atoms with Gasteiger partial charge in [-0.1, -0.05) is 0 Å². The lowest BCUT2D eigenvalue weighted by Gasteiger charge is -2.14. The van der Waals surface area contributed by atoms with Crippen molar-refractivity contribution in [2.24, 2.45) is 5.92 Å². The highest BCUT2D eigenvalue weighted by molar-refractivity contribution is 9.11. The fraction of sp³-hybridized carbons (Fsp3) is 0.600. The monoisotopic (exact) mass is 324 g/mol. The first-order valence-electron chi connectivity index (χ1n) is 5.03. The van der Waals surface area contributed by atoms with E-state index in [4.69, 9.17) is 0 Å². The Morgan fingerprint density at radius 1 is 1.62 bits per heavy atom. The average Bonchev–Trinajstić information content (AvgIpc) is 2.70. The molecule has 2 rings (SSSR count).